The summed E-state index contributed by atoms with van der Waals surface area (Å²) >= 11 is 0. The van der Waals surface area contributed by atoms with E-state index in [1.807, 2.05) is 41.2 Å². The molecule has 4 heteroatoms. The molecular weight excluding hydrogens is 238 g/mol. The van der Waals surface area contributed by atoms with Gasteiger partial charge in [-0.25, -0.2) is 0 Å². The Morgan fingerprint density at radius 2 is 1.95 bits per heavy atom. The van der Waals surface area contributed by atoms with Gasteiger partial charge in [-0.1, -0.05) is 24.3 Å². The molecule has 0 bridgehead atoms. The zero-order valence-corrected chi connectivity index (χ0v) is 11.3. The molecule has 4 nitrogen and oxygen atoms in total. The number of rotatable bonds is 5. The molecule has 1 heterocycles. The fourth-order valence-electron chi connectivity index (χ4n) is 1.85. The molecule has 2 aromatic rings. The quantitative estimate of drug-likeness (QED) is 0.836. The Morgan fingerprint density at radius 3 is 2.47 bits per heavy atom. The van der Waals surface area contributed by atoms with Gasteiger partial charge in [0.2, 0.25) is 0 Å². The number of ketones is 1. The average molecular weight is 257 g/mol. The number of carbonyl (C=O) groups is 1. The van der Waals surface area contributed by atoms with Crippen LogP contribution in [0.4, 0.5) is 0 Å². The highest BCUT2D eigenvalue weighted by Gasteiger charge is 2.10. The maximum absolute atomic E-state index is 12.1. The maximum atomic E-state index is 12.1. The third-order valence-electron chi connectivity index (χ3n) is 3.05. The van der Waals surface area contributed by atoms with Crippen molar-refractivity contribution < 1.29 is 4.79 Å². The van der Waals surface area contributed by atoms with Crippen LogP contribution >= 0.6 is 0 Å². The van der Waals surface area contributed by atoms with Gasteiger partial charge in [-0.15, -0.1) is 0 Å². The van der Waals surface area contributed by atoms with E-state index in [1.54, 1.807) is 0 Å². The van der Waals surface area contributed by atoms with E-state index < -0.39 is 0 Å². The topological polar surface area (TPSA) is 60.9 Å². The van der Waals surface area contributed by atoms with Crippen LogP contribution in [0.2, 0.25) is 0 Å². The summed E-state index contributed by atoms with van der Waals surface area (Å²) in [6.45, 7) is 4.61. The number of Topliss-reactive ketones (excluding diaryl/α,β-unsaturated/α-hetero) is 1. The molecule has 1 aromatic heterocycles. The van der Waals surface area contributed by atoms with Crippen molar-refractivity contribution in [1.29, 1.82) is 0 Å². The van der Waals surface area contributed by atoms with Gasteiger partial charge in [-0.3, -0.25) is 9.48 Å². The van der Waals surface area contributed by atoms with E-state index in [-0.39, 0.29) is 5.78 Å². The Labute approximate surface area is 113 Å². The first-order valence-electron chi connectivity index (χ1n) is 6.46. The highest BCUT2D eigenvalue weighted by molar-refractivity contribution is 5.97. The van der Waals surface area contributed by atoms with Gasteiger partial charge in [0.25, 0.3) is 0 Å². The van der Waals surface area contributed by atoms with Crippen LogP contribution in [0, 0.1) is 0 Å². The summed E-state index contributed by atoms with van der Waals surface area (Å²) in [7, 11) is 0. The molecule has 0 spiro atoms. The number of aromatic nitrogens is 2. The van der Waals surface area contributed by atoms with Crippen LogP contribution in [0.15, 0.2) is 36.5 Å². The van der Waals surface area contributed by atoms with Crippen molar-refractivity contribution in [2.75, 3.05) is 0 Å². The van der Waals surface area contributed by atoms with Crippen molar-refractivity contribution in [3.05, 3.63) is 53.3 Å². The zero-order chi connectivity index (χ0) is 13.8. The molecule has 2 rings (SSSR count). The van der Waals surface area contributed by atoms with E-state index in [1.165, 1.54) is 0 Å². The maximum Gasteiger partial charge on any atom is 0.168 e. The molecule has 0 unspecified atom stereocenters. The summed E-state index contributed by atoms with van der Waals surface area (Å²) in [4.78, 5) is 12.1. The van der Waals surface area contributed by atoms with Crippen LogP contribution in [0.25, 0.3) is 0 Å². The summed E-state index contributed by atoms with van der Waals surface area (Å²) in [5, 5.41) is 4.38. The standard InChI is InChI=1S/C15H19N3O/c1-11(2)18-8-7-14(17-18)9-15(19)13-5-3-12(10-16)4-6-13/h3-8,11H,9-10,16H2,1-2H3. The van der Waals surface area contributed by atoms with E-state index in [0.29, 0.717) is 24.6 Å². The lowest BCUT2D eigenvalue weighted by Gasteiger charge is -2.04. The van der Waals surface area contributed by atoms with Crippen LogP contribution in [-0.2, 0) is 13.0 Å². The monoisotopic (exact) mass is 257 g/mol. The second-order valence-electron chi connectivity index (χ2n) is 4.88. The number of nitrogens with two attached hydrogens (primary N) is 1. The molecule has 0 amide bonds. The molecule has 1 aromatic carbocycles. The second-order valence-corrected chi connectivity index (χ2v) is 4.88. The van der Waals surface area contributed by atoms with Gasteiger partial charge in [0.15, 0.2) is 5.78 Å². The smallest absolute Gasteiger partial charge is 0.168 e. The van der Waals surface area contributed by atoms with Crippen molar-refractivity contribution in [3.63, 3.8) is 0 Å². The normalized spacial score (nSPS) is 10.9. The Hall–Kier alpha value is -1.94. The first-order valence-corrected chi connectivity index (χ1v) is 6.46. The van der Waals surface area contributed by atoms with Gasteiger partial charge in [-0.2, -0.15) is 5.10 Å². The number of hydrogen-bond acceptors (Lipinski definition) is 3. The summed E-state index contributed by atoms with van der Waals surface area (Å²) in [6.07, 6.45) is 2.24. The largest absolute Gasteiger partial charge is 0.326 e. The van der Waals surface area contributed by atoms with E-state index in [9.17, 15) is 4.79 Å². The molecule has 2 N–H and O–H groups in total. The molecule has 0 aliphatic heterocycles. The Balaban J connectivity index is 2.06. The summed E-state index contributed by atoms with van der Waals surface area (Å²) in [5.41, 5.74) is 8.07. The van der Waals surface area contributed by atoms with Gasteiger partial charge in [-0.05, 0) is 25.5 Å². The Kier molecular flexibility index (Phi) is 4.12. The van der Waals surface area contributed by atoms with Crippen molar-refractivity contribution in [3.8, 4) is 0 Å². The Morgan fingerprint density at radius 1 is 1.26 bits per heavy atom. The number of nitrogens with zero attached hydrogens (tertiary/aromatic N) is 2. The molecule has 0 aliphatic rings. The first kappa shape index (κ1) is 13.5. The number of benzene rings is 1. The second kappa shape index (κ2) is 5.80. The van der Waals surface area contributed by atoms with Gasteiger partial charge in [0.05, 0.1) is 12.1 Å². The average Bonchev–Trinajstić information content (AvgIpc) is 2.87. The van der Waals surface area contributed by atoms with Crippen LogP contribution in [-0.4, -0.2) is 15.6 Å². The zero-order valence-electron chi connectivity index (χ0n) is 11.3. The lowest BCUT2D eigenvalue weighted by Crippen LogP contribution is -2.07. The van der Waals surface area contributed by atoms with E-state index in [0.717, 1.165) is 11.3 Å². The summed E-state index contributed by atoms with van der Waals surface area (Å²) < 4.78 is 1.86. The molecule has 0 aliphatic carbocycles. The van der Waals surface area contributed by atoms with Crippen molar-refractivity contribution >= 4 is 5.78 Å². The molecule has 0 atom stereocenters. The predicted octanol–water partition coefficient (Wildman–Crippen LogP) is 2.35. The lowest BCUT2D eigenvalue weighted by molar-refractivity contribution is 0.0991. The molecule has 19 heavy (non-hydrogen) atoms. The van der Waals surface area contributed by atoms with Crippen molar-refractivity contribution in [2.45, 2.75) is 32.9 Å². The minimum Gasteiger partial charge on any atom is -0.326 e. The minimum atomic E-state index is 0.0811. The SMILES string of the molecule is CC(C)n1ccc(CC(=O)c2ccc(CN)cc2)n1. The molecule has 0 saturated carbocycles. The highest BCUT2D eigenvalue weighted by atomic mass is 16.1. The highest BCUT2D eigenvalue weighted by Crippen LogP contribution is 2.10. The first-order chi connectivity index (χ1) is 9.10. The van der Waals surface area contributed by atoms with Crippen LogP contribution < -0.4 is 5.73 Å². The van der Waals surface area contributed by atoms with Gasteiger partial charge in [0.1, 0.15) is 0 Å². The minimum absolute atomic E-state index is 0.0811. The molecule has 0 saturated heterocycles. The van der Waals surface area contributed by atoms with Gasteiger partial charge >= 0.3 is 0 Å². The lowest BCUT2D eigenvalue weighted by atomic mass is 10.0. The Bertz CT molecular complexity index is 555. The van der Waals surface area contributed by atoms with E-state index >= 15 is 0 Å². The van der Waals surface area contributed by atoms with Gasteiger partial charge < -0.3 is 5.73 Å². The predicted molar refractivity (Wildman–Crippen MR) is 75.0 cm³/mol. The van der Waals surface area contributed by atoms with Crippen LogP contribution in [0.1, 0.15) is 41.5 Å². The molecular formula is C15H19N3O. The van der Waals surface area contributed by atoms with Crippen LogP contribution in [0.3, 0.4) is 0 Å². The third-order valence-corrected chi connectivity index (χ3v) is 3.05. The van der Waals surface area contributed by atoms with Crippen LogP contribution in [0.5, 0.6) is 0 Å². The third kappa shape index (κ3) is 3.29. The number of hydrogen-bond donors (Lipinski definition) is 1. The number of carbonyl (C=O) groups excluding carboxylic acids is 1. The van der Waals surface area contributed by atoms with E-state index in [2.05, 4.69) is 18.9 Å². The fraction of sp³-hybridized carbons (Fsp3) is 0.333. The molecule has 100 valence electrons. The molecule has 0 radical (unpaired) electrons. The fourth-order valence-corrected chi connectivity index (χ4v) is 1.85. The van der Waals surface area contributed by atoms with Crippen molar-refractivity contribution in [2.24, 2.45) is 5.73 Å². The summed E-state index contributed by atoms with van der Waals surface area (Å²) in [5.74, 6) is 0.0811. The van der Waals surface area contributed by atoms with Gasteiger partial charge in [0, 0.05) is 24.3 Å². The van der Waals surface area contributed by atoms with Crippen molar-refractivity contribution in [1.82, 2.24) is 9.78 Å². The van der Waals surface area contributed by atoms with E-state index in [4.69, 9.17) is 5.73 Å². The molecule has 0 fully saturated rings. The summed E-state index contributed by atoms with van der Waals surface area (Å²) in [6, 6.07) is 9.63.